The van der Waals surface area contributed by atoms with E-state index in [1.54, 1.807) is 0 Å². The molecule has 0 saturated heterocycles. The molecule has 3 nitrogen and oxygen atoms in total. The van der Waals surface area contributed by atoms with Crippen LogP contribution in [0.25, 0.3) is 0 Å². The fraction of sp³-hybridized carbons (Fsp3) is 0.731. The van der Waals surface area contributed by atoms with Crippen molar-refractivity contribution >= 4 is 18.2 Å². The van der Waals surface area contributed by atoms with Crippen LogP contribution in [0.2, 0.25) is 0 Å². The van der Waals surface area contributed by atoms with E-state index in [1.165, 1.54) is 43.2 Å². The normalized spacial score (nSPS) is 29.0. The third kappa shape index (κ3) is 7.39. The van der Waals surface area contributed by atoms with E-state index in [-0.39, 0.29) is 5.41 Å². The van der Waals surface area contributed by atoms with Crippen molar-refractivity contribution in [3.8, 4) is 0 Å². The SMILES string of the molecule is CC(C)(C=O)NSc1ccc(C(C)(C)C)cc1.CNC1C(C)CC2CC(C)CC1C2. The van der Waals surface area contributed by atoms with Crippen molar-refractivity contribution in [1.82, 2.24) is 10.0 Å². The van der Waals surface area contributed by atoms with Crippen LogP contribution in [-0.4, -0.2) is 24.9 Å². The number of nitrogens with one attached hydrogen (secondary N) is 2. The molecule has 5 unspecified atom stereocenters. The summed E-state index contributed by atoms with van der Waals surface area (Å²) in [6.45, 7) is 15.2. The molecule has 170 valence electrons. The highest BCUT2D eigenvalue weighted by Gasteiger charge is 2.38. The summed E-state index contributed by atoms with van der Waals surface area (Å²) < 4.78 is 3.13. The molecule has 2 bridgehead atoms. The standard InChI is InChI=1S/C14H21NOS.C12H23N/c1-13(2,3)11-6-8-12(9-7-11)17-15-14(4,5)10-16;1-8-4-10-6-9(2)12(13-3)11(5-8)7-10/h6-10,15H,1-5H3;8-13H,4-7H2,1-3H3. The van der Waals surface area contributed by atoms with Gasteiger partial charge in [0.25, 0.3) is 0 Å². The fourth-order valence-electron chi connectivity index (χ4n) is 5.18. The van der Waals surface area contributed by atoms with E-state index >= 15 is 0 Å². The Labute approximate surface area is 189 Å². The van der Waals surface area contributed by atoms with Crippen LogP contribution >= 0.6 is 11.9 Å². The topological polar surface area (TPSA) is 41.1 Å². The predicted octanol–water partition coefficient (Wildman–Crippen LogP) is 6.22. The molecule has 5 atom stereocenters. The van der Waals surface area contributed by atoms with Crippen LogP contribution in [0.1, 0.15) is 79.7 Å². The van der Waals surface area contributed by atoms with Crippen molar-refractivity contribution in [2.45, 2.75) is 96.0 Å². The number of hydrogen-bond acceptors (Lipinski definition) is 4. The van der Waals surface area contributed by atoms with Gasteiger partial charge in [0.15, 0.2) is 0 Å². The Bertz CT molecular complexity index is 661. The first-order valence-corrected chi connectivity index (χ1v) is 12.4. The smallest absolute Gasteiger partial charge is 0.140 e. The molecule has 3 rings (SSSR count). The average molecular weight is 433 g/mol. The molecule has 2 aliphatic carbocycles. The molecular weight excluding hydrogens is 388 g/mol. The van der Waals surface area contributed by atoms with Gasteiger partial charge in [-0.05, 0) is 105 Å². The zero-order valence-electron chi connectivity index (χ0n) is 20.4. The Morgan fingerprint density at radius 2 is 1.60 bits per heavy atom. The maximum Gasteiger partial charge on any atom is 0.140 e. The lowest BCUT2D eigenvalue weighted by molar-refractivity contribution is -0.111. The highest BCUT2D eigenvalue weighted by atomic mass is 32.2. The Balaban J connectivity index is 0.000000220. The van der Waals surface area contributed by atoms with Gasteiger partial charge >= 0.3 is 0 Å². The number of benzene rings is 1. The highest BCUT2D eigenvalue weighted by Crippen LogP contribution is 2.44. The van der Waals surface area contributed by atoms with Crippen LogP contribution < -0.4 is 10.0 Å². The van der Waals surface area contributed by atoms with Crippen LogP contribution in [-0.2, 0) is 10.2 Å². The molecule has 0 heterocycles. The zero-order valence-corrected chi connectivity index (χ0v) is 21.2. The molecule has 0 aliphatic heterocycles. The highest BCUT2D eigenvalue weighted by molar-refractivity contribution is 7.97. The van der Waals surface area contributed by atoms with Gasteiger partial charge in [0.1, 0.15) is 6.29 Å². The average Bonchev–Trinajstić information content (AvgIpc) is 2.66. The molecule has 2 fully saturated rings. The van der Waals surface area contributed by atoms with E-state index in [0.717, 1.165) is 40.9 Å². The second-order valence-electron chi connectivity index (χ2n) is 11.3. The van der Waals surface area contributed by atoms with Gasteiger partial charge in [0.05, 0.1) is 5.54 Å². The number of carbonyl (C=O) groups is 1. The van der Waals surface area contributed by atoms with Crippen LogP contribution in [0.15, 0.2) is 29.2 Å². The van der Waals surface area contributed by atoms with Crippen LogP contribution in [0.3, 0.4) is 0 Å². The number of aldehydes is 1. The van der Waals surface area contributed by atoms with E-state index in [4.69, 9.17) is 0 Å². The minimum absolute atomic E-state index is 0.179. The van der Waals surface area contributed by atoms with Crippen molar-refractivity contribution < 1.29 is 4.79 Å². The van der Waals surface area contributed by atoms with Gasteiger partial charge in [-0.2, -0.15) is 0 Å². The first-order chi connectivity index (χ1) is 13.9. The van der Waals surface area contributed by atoms with Crippen molar-refractivity contribution in [2.75, 3.05) is 7.05 Å². The lowest BCUT2D eigenvalue weighted by atomic mass is 9.63. The lowest BCUT2D eigenvalue weighted by Gasteiger charge is -2.46. The van der Waals surface area contributed by atoms with E-state index in [9.17, 15) is 4.79 Å². The third-order valence-corrected chi connectivity index (χ3v) is 7.82. The molecular formula is C26H44N2OS. The van der Waals surface area contributed by atoms with Crippen LogP contribution in [0.5, 0.6) is 0 Å². The van der Waals surface area contributed by atoms with Gasteiger partial charge in [-0.3, -0.25) is 0 Å². The molecule has 2 N–H and O–H groups in total. The van der Waals surface area contributed by atoms with Crippen LogP contribution in [0, 0.1) is 23.7 Å². The van der Waals surface area contributed by atoms with Crippen molar-refractivity contribution in [1.29, 1.82) is 0 Å². The van der Waals surface area contributed by atoms with Crippen LogP contribution in [0.4, 0.5) is 0 Å². The largest absolute Gasteiger partial charge is 0.316 e. The maximum atomic E-state index is 10.8. The van der Waals surface area contributed by atoms with E-state index < -0.39 is 5.54 Å². The van der Waals surface area contributed by atoms with Crippen molar-refractivity contribution in [2.24, 2.45) is 23.7 Å². The van der Waals surface area contributed by atoms with Gasteiger partial charge in [-0.25, -0.2) is 4.72 Å². The minimum Gasteiger partial charge on any atom is -0.316 e. The Hall–Kier alpha value is -0.840. The molecule has 30 heavy (non-hydrogen) atoms. The van der Waals surface area contributed by atoms with Gasteiger partial charge in [0, 0.05) is 10.9 Å². The first kappa shape index (κ1) is 25.4. The Kier molecular flexibility index (Phi) is 9.03. The van der Waals surface area contributed by atoms with E-state index in [0.29, 0.717) is 0 Å². The summed E-state index contributed by atoms with van der Waals surface area (Å²) in [5.74, 6) is 3.91. The molecule has 2 aliphatic rings. The summed E-state index contributed by atoms with van der Waals surface area (Å²) in [5, 5.41) is 3.53. The summed E-state index contributed by atoms with van der Waals surface area (Å²) in [6, 6.07) is 9.24. The van der Waals surface area contributed by atoms with Gasteiger partial charge in [0.2, 0.25) is 0 Å². The molecule has 0 radical (unpaired) electrons. The summed E-state index contributed by atoms with van der Waals surface area (Å²) in [5.41, 5.74) is 1.00. The molecule has 0 aromatic heterocycles. The second kappa shape index (κ2) is 10.7. The first-order valence-electron chi connectivity index (χ1n) is 11.6. The summed E-state index contributed by atoms with van der Waals surface area (Å²) >= 11 is 1.49. The lowest BCUT2D eigenvalue weighted by Crippen LogP contribution is -2.47. The van der Waals surface area contributed by atoms with Gasteiger partial charge < -0.3 is 10.1 Å². The molecule has 2 saturated carbocycles. The van der Waals surface area contributed by atoms with Crippen molar-refractivity contribution in [3.05, 3.63) is 29.8 Å². The number of fused-ring (bicyclic) bond motifs is 2. The fourth-order valence-corrected chi connectivity index (χ4v) is 5.88. The Morgan fingerprint density at radius 1 is 0.967 bits per heavy atom. The molecule has 0 amide bonds. The molecule has 4 heteroatoms. The second-order valence-corrected chi connectivity index (χ2v) is 12.2. The monoisotopic (exact) mass is 432 g/mol. The van der Waals surface area contributed by atoms with Gasteiger partial charge in [-0.15, -0.1) is 0 Å². The number of carbonyl (C=O) groups excluding carboxylic acids is 1. The number of hydrogen-bond donors (Lipinski definition) is 2. The molecule has 0 spiro atoms. The minimum atomic E-state index is -0.493. The number of rotatable bonds is 5. The maximum absolute atomic E-state index is 10.8. The van der Waals surface area contributed by atoms with Gasteiger partial charge in [-0.1, -0.05) is 46.8 Å². The Morgan fingerprint density at radius 3 is 2.13 bits per heavy atom. The zero-order chi connectivity index (χ0) is 22.5. The molecule has 1 aromatic carbocycles. The summed E-state index contributed by atoms with van der Waals surface area (Å²) in [6.07, 6.45) is 6.85. The molecule has 1 aromatic rings. The third-order valence-electron chi connectivity index (χ3n) is 6.68. The quantitative estimate of drug-likeness (QED) is 0.428. The summed E-state index contributed by atoms with van der Waals surface area (Å²) in [4.78, 5) is 11.9. The van der Waals surface area contributed by atoms with E-state index in [2.05, 4.69) is 76.0 Å². The van der Waals surface area contributed by atoms with Crippen molar-refractivity contribution in [3.63, 3.8) is 0 Å². The summed E-state index contributed by atoms with van der Waals surface area (Å²) in [7, 11) is 2.14. The van der Waals surface area contributed by atoms with E-state index in [1.807, 2.05) is 13.8 Å². The predicted molar refractivity (Wildman–Crippen MR) is 131 cm³/mol.